The second kappa shape index (κ2) is 14.3. The number of carbonyl (C=O) groups is 1. The van der Waals surface area contributed by atoms with Crippen molar-refractivity contribution in [2.45, 2.75) is 58.2 Å². The molecule has 2 aromatic heterocycles. The lowest BCUT2D eigenvalue weighted by atomic mass is 9.97. The summed E-state index contributed by atoms with van der Waals surface area (Å²) in [5.74, 6) is -0.0404. The van der Waals surface area contributed by atoms with E-state index in [1.54, 1.807) is 6.20 Å². The number of amidine groups is 1. The summed E-state index contributed by atoms with van der Waals surface area (Å²) in [7, 11) is 0. The number of ether oxygens (including phenoxy) is 1. The zero-order valence-electron chi connectivity index (χ0n) is 23.2. The van der Waals surface area contributed by atoms with Crippen LogP contribution in [0.1, 0.15) is 66.0 Å². The van der Waals surface area contributed by atoms with Crippen LogP contribution < -0.4 is 22.1 Å². The predicted molar refractivity (Wildman–Crippen MR) is 162 cm³/mol. The Morgan fingerprint density at radius 2 is 1.95 bits per heavy atom. The number of benzene rings is 1. The molecule has 7 N–H and O–H groups in total. The number of halogens is 1. The highest BCUT2D eigenvalue weighted by molar-refractivity contribution is 7.14. The number of carbonyl (C=O) groups excluding carboxylic acids is 1. The molecule has 0 aliphatic rings. The second-order valence-corrected chi connectivity index (χ2v) is 11.8. The maximum Gasteiger partial charge on any atom is 0.407 e. The van der Waals surface area contributed by atoms with Crippen LogP contribution >= 0.6 is 22.9 Å². The molecule has 10 nitrogen and oxygen atoms in total. The van der Waals surface area contributed by atoms with Crippen molar-refractivity contribution in [2.24, 2.45) is 16.5 Å². The highest BCUT2D eigenvalue weighted by atomic mass is 35.5. The molecule has 0 saturated carbocycles. The van der Waals surface area contributed by atoms with E-state index in [2.05, 4.69) is 20.6 Å². The number of aromatic nitrogens is 2. The molecule has 0 radical (unpaired) electrons. The second-order valence-electron chi connectivity index (χ2n) is 10.3. The molecule has 0 aliphatic carbocycles. The minimum atomic E-state index is -0.533. The molecule has 12 heteroatoms. The van der Waals surface area contributed by atoms with Gasteiger partial charge < -0.3 is 26.8 Å². The molecule has 2 heterocycles. The molecular formula is C28H37ClN8O2S. The van der Waals surface area contributed by atoms with Crippen molar-refractivity contribution in [3.05, 3.63) is 80.0 Å². The number of rotatable bonds is 12. The van der Waals surface area contributed by atoms with Crippen LogP contribution in [0.5, 0.6) is 0 Å². The molecule has 3 aromatic rings. The van der Waals surface area contributed by atoms with E-state index >= 15 is 0 Å². The van der Waals surface area contributed by atoms with Crippen molar-refractivity contribution >= 4 is 41.2 Å². The van der Waals surface area contributed by atoms with Crippen molar-refractivity contribution < 1.29 is 9.53 Å². The van der Waals surface area contributed by atoms with Crippen LogP contribution in [0.15, 0.2) is 47.6 Å². The molecule has 214 valence electrons. The van der Waals surface area contributed by atoms with E-state index in [-0.39, 0.29) is 17.8 Å². The summed E-state index contributed by atoms with van der Waals surface area (Å²) in [4.78, 5) is 26.1. The molecule has 40 heavy (non-hydrogen) atoms. The average Bonchev–Trinajstić information content (AvgIpc) is 3.27. The van der Waals surface area contributed by atoms with Crippen molar-refractivity contribution in [1.82, 2.24) is 20.6 Å². The van der Waals surface area contributed by atoms with Crippen molar-refractivity contribution in [3.63, 3.8) is 0 Å². The zero-order valence-corrected chi connectivity index (χ0v) is 24.8. The van der Waals surface area contributed by atoms with Crippen LogP contribution in [0, 0.1) is 5.41 Å². The number of nitrogens with one attached hydrogen (secondary N) is 3. The monoisotopic (exact) mass is 584 g/mol. The van der Waals surface area contributed by atoms with Gasteiger partial charge in [0.15, 0.2) is 0 Å². The molecule has 2 unspecified atom stereocenters. The fourth-order valence-electron chi connectivity index (χ4n) is 3.94. The van der Waals surface area contributed by atoms with Gasteiger partial charge in [0.05, 0.1) is 22.2 Å². The SMILES string of the molecule is CC(N)C(c1cc(CNCCNC(=O)OC(C)(C)C)ccn1)c1nc(Cc2ccc(Cl)cc2)c(C(N)=NC=N)s1. The number of thiazole rings is 1. The van der Waals surface area contributed by atoms with Crippen LogP contribution in [0.3, 0.4) is 0 Å². The number of nitrogens with zero attached hydrogens (tertiary/aromatic N) is 3. The minimum Gasteiger partial charge on any atom is -0.444 e. The highest BCUT2D eigenvalue weighted by Gasteiger charge is 2.27. The smallest absolute Gasteiger partial charge is 0.407 e. The molecule has 0 spiro atoms. The number of alkyl carbamates (subject to hydrolysis) is 1. The van der Waals surface area contributed by atoms with Crippen molar-refractivity contribution in [2.75, 3.05) is 13.1 Å². The van der Waals surface area contributed by atoms with Crippen LogP contribution in [-0.4, -0.2) is 53.0 Å². The Hall–Kier alpha value is -3.38. The van der Waals surface area contributed by atoms with Gasteiger partial charge in [0, 0.05) is 43.3 Å². The normalized spacial score (nSPS) is 13.5. The Morgan fingerprint density at radius 3 is 2.60 bits per heavy atom. The maximum absolute atomic E-state index is 11.8. The molecule has 1 amide bonds. The zero-order chi connectivity index (χ0) is 29.3. The third-order valence-corrected chi connectivity index (χ3v) is 7.15. The summed E-state index contributed by atoms with van der Waals surface area (Å²) >= 11 is 7.47. The molecular weight excluding hydrogens is 548 g/mol. The first-order chi connectivity index (χ1) is 19.0. The Morgan fingerprint density at radius 1 is 1.23 bits per heavy atom. The van der Waals surface area contributed by atoms with Gasteiger partial charge in [-0.05, 0) is 63.1 Å². The van der Waals surface area contributed by atoms with Crippen molar-refractivity contribution in [3.8, 4) is 0 Å². The Kier molecular flexibility index (Phi) is 11.1. The lowest BCUT2D eigenvalue weighted by Crippen LogP contribution is -2.36. The number of hydrogen-bond donors (Lipinski definition) is 5. The molecule has 0 bridgehead atoms. The van der Waals surface area contributed by atoms with Gasteiger partial charge in [-0.25, -0.2) is 14.8 Å². The van der Waals surface area contributed by atoms with E-state index in [0.29, 0.717) is 36.0 Å². The van der Waals surface area contributed by atoms with E-state index in [0.717, 1.165) is 33.9 Å². The predicted octanol–water partition coefficient (Wildman–Crippen LogP) is 4.19. The fourth-order valence-corrected chi connectivity index (χ4v) is 5.29. The summed E-state index contributed by atoms with van der Waals surface area (Å²) in [6.45, 7) is 9.00. The van der Waals surface area contributed by atoms with E-state index in [1.165, 1.54) is 11.3 Å². The summed E-state index contributed by atoms with van der Waals surface area (Å²) in [5, 5.41) is 14.9. The van der Waals surface area contributed by atoms with Crippen LogP contribution in [-0.2, 0) is 17.7 Å². The molecule has 3 rings (SSSR count). The van der Waals surface area contributed by atoms with E-state index < -0.39 is 11.7 Å². The van der Waals surface area contributed by atoms with Crippen molar-refractivity contribution in [1.29, 1.82) is 5.41 Å². The van der Waals surface area contributed by atoms with Gasteiger partial charge in [-0.2, -0.15) is 0 Å². The number of nitrogens with two attached hydrogens (primary N) is 2. The Bertz CT molecular complexity index is 1320. The maximum atomic E-state index is 11.8. The van der Waals surface area contributed by atoms with E-state index in [1.807, 2.05) is 64.1 Å². The molecule has 1 aromatic carbocycles. The number of pyridine rings is 1. The Labute approximate surface area is 244 Å². The molecule has 2 atom stereocenters. The highest BCUT2D eigenvalue weighted by Crippen LogP contribution is 2.33. The molecule has 0 aliphatic heterocycles. The van der Waals surface area contributed by atoms with Gasteiger partial charge in [-0.15, -0.1) is 11.3 Å². The van der Waals surface area contributed by atoms with Crippen LogP contribution in [0.25, 0.3) is 0 Å². The third-order valence-electron chi connectivity index (χ3n) is 5.69. The van der Waals surface area contributed by atoms with E-state index in [9.17, 15) is 4.79 Å². The van der Waals surface area contributed by atoms with Crippen LogP contribution in [0.2, 0.25) is 5.02 Å². The van der Waals surface area contributed by atoms with Crippen LogP contribution in [0.4, 0.5) is 4.79 Å². The summed E-state index contributed by atoms with van der Waals surface area (Å²) < 4.78 is 5.25. The van der Waals surface area contributed by atoms with Gasteiger partial charge in [-0.1, -0.05) is 23.7 Å². The number of hydrogen-bond acceptors (Lipinski definition) is 8. The van der Waals surface area contributed by atoms with Gasteiger partial charge in [-0.3, -0.25) is 10.4 Å². The first-order valence-corrected chi connectivity index (χ1v) is 14.1. The summed E-state index contributed by atoms with van der Waals surface area (Å²) in [6, 6.07) is 11.2. The summed E-state index contributed by atoms with van der Waals surface area (Å²) in [6.07, 6.45) is 2.77. The first-order valence-electron chi connectivity index (χ1n) is 12.9. The van der Waals surface area contributed by atoms with Gasteiger partial charge in [0.25, 0.3) is 0 Å². The lowest BCUT2D eigenvalue weighted by Gasteiger charge is -2.20. The molecule has 0 fully saturated rings. The third kappa shape index (κ3) is 9.37. The van der Waals surface area contributed by atoms with Gasteiger partial charge >= 0.3 is 6.09 Å². The molecule has 0 saturated heterocycles. The minimum absolute atomic E-state index is 0.233. The Balaban J connectivity index is 1.76. The standard InChI is InChI=1S/C28H37ClN8O2S/c1-17(31)23(21-14-19(9-10-34-21)15-33-11-12-35-27(38)39-28(2,3)4)26-37-22(24(40-26)25(32)36-16-30)13-18-5-7-20(29)8-6-18/h5-10,14,16-17,23,33H,11-13,15,31H2,1-4H3,(H,35,38)(H3,30,32,36). The number of aliphatic imine (C=N–C) groups is 1. The number of amides is 1. The van der Waals surface area contributed by atoms with Gasteiger partial charge in [0.2, 0.25) is 0 Å². The van der Waals surface area contributed by atoms with Gasteiger partial charge in [0.1, 0.15) is 22.8 Å². The lowest BCUT2D eigenvalue weighted by molar-refractivity contribution is 0.0528. The summed E-state index contributed by atoms with van der Waals surface area (Å²) in [5.41, 5.74) is 15.8. The quantitative estimate of drug-likeness (QED) is 0.121. The largest absolute Gasteiger partial charge is 0.444 e. The topological polar surface area (TPSA) is 164 Å². The first kappa shape index (κ1) is 31.2. The fraction of sp³-hybridized carbons (Fsp3) is 0.393. The van der Waals surface area contributed by atoms with E-state index in [4.69, 9.17) is 38.2 Å². The average molecular weight is 585 g/mol.